The molecule has 0 radical (unpaired) electrons. The number of hydrogen-bond donors (Lipinski definition) is 2. The summed E-state index contributed by atoms with van der Waals surface area (Å²) < 4.78 is 12.6. The highest BCUT2D eigenvalue weighted by molar-refractivity contribution is 6.41. The first-order chi connectivity index (χ1) is 14.5. The van der Waals surface area contributed by atoms with E-state index >= 15 is 0 Å². The molecular formula is C24H29Cl2NO3. The quantitative estimate of drug-likeness (QED) is 0.393. The minimum Gasteiger partial charge on any atom is -0.512 e. The molecule has 1 saturated heterocycles. The van der Waals surface area contributed by atoms with E-state index < -0.39 is 0 Å². The molecule has 2 unspecified atom stereocenters. The van der Waals surface area contributed by atoms with Crippen molar-refractivity contribution in [3.05, 3.63) is 45.1 Å². The van der Waals surface area contributed by atoms with E-state index in [0.717, 1.165) is 32.3 Å². The predicted octanol–water partition coefficient (Wildman–Crippen LogP) is 6.34. The van der Waals surface area contributed by atoms with Crippen LogP contribution in [0.25, 0.3) is 0 Å². The summed E-state index contributed by atoms with van der Waals surface area (Å²) in [5.41, 5.74) is 1.27. The first kappa shape index (κ1) is 20.8. The lowest BCUT2D eigenvalue weighted by Crippen LogP contribution is -2.46. The van der Waals surface area contributed by atoms with Gasteiger partial charge in [-0.3, -0.25) is 5.41 Å². The van der Waals surface area contributed by atoms with Crippen molar-refractivity contribution in [2.75, 3.05) is 13.2 Å². The van der Waals surface area contributed by atoms with Gasteiger partial charge in [0.15, 0.2) is 0 Å². The summed E-state index contributed by atoms with van der Waals surface area (Å²) in [6, 6.07) is 5.22. The molecule has 1 aromatic carbocycles. The Morgan fingerprint density at radius 3 is 2.37 bits per heavy atom. The number of hydrogen-bond acceptors (Lipinski definition) is 4. The third kappa shape index (κ3) is 3.60. The number of ether oxygens (including phenoxy) is 2. The lowest BCUT2D eigenvalue weighted by molar-refractivity contribution is -0.115. The molecule has 4 aliphatic rings. The van der Waals surface area contributed by atoms with Crippen molar-refractivity contribution in [1.82, 2.24) is 0 Å². The van der Waals surface area contributed by atoms with Crippen LogP contribution in [0.15, 0.2) is 29.5 Å². The number of aliphatic hydroxyl groups is 1. The molecule has 2 atom stereocenters. The molecule has 3 aliphatic carbocycles. The van der Waals surface area contributed by atoms with Crippen molar-refractivity contribution in [2.24, 2.45) is 17.8 Å². The van der Waals surface area contributed by atoms with Crippen LogP contribution in [0.1, 0.15) is 56.9 Å². The highest BCUT2D eigenvalue weighted by atomic mass is 35.5. The van der Waals surface area contributed by atoms with Gasteiger partial charge in [0.25, 0.3) is 0 Å². The number of benzene rings is 1. The molecule has 0 amide bonds. The molecule has 6 heteroatoms. The van der Waals surface area contributed by atoms with E-state index in [2.05, 4.69) is 0 Å². The second-order valence-electron chi connectivity index (χ2n) is 9.39. The Morgan fingerprint density at radius 1 is 1.13 bits per heavy atom. The molecule has 3 saturated carbocycles. The summed E-state index contributed by atoms with van der Waals surface area (Å²) in [4.78, 5) is 0. The van der Waals surface area contributed by atoms with Gasteiger partial charge in [0.2, 0.25) is 0 Å². The Balaban J connectivity index is 1.33. The second-order valence-corrected chi connectivity index (χ2v) is 10.2. The maximum atomic E-state index is 10.8. The molecule has 1 aromatic rings. The van der Waals surface area contributed by atoms with E-state index in [1.807, 2.05) is 0 Å². The summed E-state index contributed by atoms with van der Waals surface area (Å²) in [5.74, 6) is 1.55. The molecule has 1 aliphatic heterocycles. The topological polar surface area (TPSA) is 62.5 Å². The van der Waals surface area contributed by atoms with Crippen LogP contribution in [0.5, 0.6) is 0 Å². The van der Waals surface area contributed by atoms with Gasteiger partial charge in [-0.15, -0.1) is 0 Å². The van der Waals surface area contributed by atoms with Crippen molar-refractivity contribution in [1.29, 1.82) is 5.41 Å². The standard InChI is InChI=1S/C24H29Cl2NO3/c25-19-3-1-4-20(26)21(19)22(27)18(23(28)14-5-6-14)13-29-17-11-15-7-8-16(12-17)24(15)9-2-10-30-24/h1,3-4,14-17,27-28H,2,5-13H2/b23-18-,27-22?. The van der Waals surface area contributed by atoms with Crippen molar-refractivity contribution < 1.29 is 14.6 Å². The molecule has 4 fully saturated rings. The summed E-state index contributed by atoms with van der Waals surface area (Å²) in [7, 11) is 0. The van der Waals surface area contributed by atoms with Crippen LogP contribution in [0.2, 0.25) is 10.0 Å². The lowest BCUT2D eigenvalue weighted by Gasteiger charge is -2.43. The Kier molecular flexibility index (Phi) is 5.64. The third-order valence-electron chi connectivity index (χ3n) is 7.67. The summed E-state index contributed by atoms with van der Waals surface area (Å²) >= 11 is 12.7. The normalized spacial score (nSPS) is 33.7. The largest absolute Gasteiger partial charge is 0.512 e. The van der Waals surface area contributed by atoms with Gasteiger partial charge in [-0.25, -0.2) is 0 Å². The zero-order chi connectivity index (χ0) is 20.9. The summed E-state index contributed by atoms with van der Waals surface area (Å²) in [5, 5.41) is 20.4. The van der Waals surface area contributed by atoms with Crippen LogP contribution in [0, 0.1) is 23.2 Å². The number of aliphatic hydroxyl groups excluding tert-OH is 1. The van der Waals surface area contributed by atoms with E-state index in [9.17, 15) is 5.11 Å². The van der Waals surface area contributed by atoms with Crippen LogP contribution < -0.4 is 0 Å². The van der Waals surface area contributed by atoms with Gasteiger partial charge in [0.05, 0.1) is 34.1 Å². The first-order valence-corrected chi connectivity index (χ1v) is 12.0. The van der Waals surface area contributed by atoms with Crippen LogP contribution in [0.4, 0.5) is 0 Å². The van der Waals surface area contributed by atoms with Crippen LogP contribution in [-0.4, -0.2) is 35.7 Å². The van der Waals surface area contributed by atoms with E-state index in [0.29, 0.717) is 33.0 Å². The fourth-order valence-electron chi connectivity index (χ4n) is 6.02. The van der Waals surface area contributed by atoms with Crippen molar-refractivity contribution in [2.45, 2.75) is 63.1 Å². The van der Waals surface area contributed by atoms with Crippen LogP contribution in [-0.2, 0) is 9.47 Å². The molecule has 4 nitrogen and oxygen atoms in total. The summed E-state index contributed by atoms with van der Waals surface area (Å²) in [6.07, 6.45) is 8.89. The Labute approximate surface area is 188 Å². The molecule has 0 aromatic heterocycles. The zero-order valence-corrected chi connectivity index (χ0v) is 18.6. The van der Waals surface area contributed by atoms with Gasteiger partial charge in [-0.1, -0.05) is 29.3 Å². The first-order valence-electron chi connectivity index (χ1n) is 11.2. The molecule has 1 spiro atoms. The van der Waals surface area contributed by atoms with E-state index in [-0.39, 0.29) is 35.7 Å². The predicted molar refractivity (Wildman–Crippen MR) is 119 cm³/mol. The molecule has 5 rings (SSSR count). The van der Waals surface area contributed by atoms with Crippen molar-refractivity contribution in [3.63, 3.8) is 0 Å². The maximum absolute atomic E-state index is 10.8. The van der Waals surface area contributed by atoms with E-state index in [4.69, 9.17) is 38.1 Å². The maximum Gasteiger partial charge on any atom is 0.103 e. The van der Waals surface area contributed by atoms with Gasteiger partial charge in [0, 0.05) is 23.7 Å². The monoisotopic (exact) mass is 449 g/mol. The van der Waals surface area contributed by atoms with Crippen molar-refractivity contribution >= 4 is 28.9 Å². The van der Waals surface area contributed by atoms with Gasteiger partial charge in [0.1, 0.15) is 5.76 Å². The van der Waals surface area contributed by atoms with Crippen molar-refractivity contribution in [3.8, 4) is 0 Å². The molecule has 162 valence electrons. The van der Waals surface area contributed by atoms with Gasteiger partial charge in [-0.05, 0) is 75.3 Å². The molecule has 30 heavy (non-hydrogen) atoms. The number of halogens is 2. The fourth-order valence-corrected chi connectivity index (χ4v) is 6.61. The summed E-state index contributed by atoms with van der Waals surface area (Å²) in [6.45, 7) is 1.12. The number of nitrogens with one attached hydrogen (secondary N) is 1. The van der Waals surface area contributed by atoms with Crippen LogP contribution in [0.3, 0.4) is 0 Å². The fraction of sp³-hybridized carbons (Fsp3) is 0.625. The molecular weight excluding hydrogens is 421 g/mol. The van der Waals surface area contributed by atoms with Crippen LogP contribution >= 0.6 is 23.2 Å². The Hall–Kier alpha value is -1.07. The second kappa shape index (κ2) is 8.12. The Bertz CT molecular complexity index is 837. The number of rotatable bonds is 6. The molecule has 2 N–H and O–H groups in total. The minimum absolute atomic E-state index is 0.104. The molecule has 1 heterocycles. The average molecular weight is 450 g/mol. The number of allylic oxidation sites excluding steroid dienone is 1. The van der Waals surface area contributed by atoms with Gasteiger partial charge in [-0.2, -0.15) is 0 Å². The zero-order valence-electron chi connectivity index (χ0n) is 17.1. The van der Waals surface area contributed by atoms with E-state index in [1.165, 1.54) is 25.7 Å². The highest BCUT2D eigenvalue weighted by Crippen LogP contribution is 2.56. The SMILES string of the molecule is N=C(/C(COC1CC2CCC(C1)C21CCCO1)=C(\O)C1CC1)c1c(Cl)cccc1Cl. The van der Waals surface area contributed by atoms with Gasteiger partial charge >= 0.3 is 0 Å². The highest BCUT2D eigenvalue weighted by Gasteiger charge is 2.56. The average Bonchev–Trinajstić information content (AvgIpc) is 3.44. The Morgan fingerprint density at radius 2 is 1.80 bits per heavy atom. The lowest BCUT2D eigenvalue weighted by atomic mass is 9.72. The molecule has 2 bridgehead atoms. The van der Waals surface area contributed by atoms with Gasteiger partial charge < -0.3 is 14.6 Å². The minimum atomic E-state index is 0.104. The smallest absolute Gasteiger partial charge is 0.103 e. The van der Waals surface area contributed by atoms with E-state index in [1.54, 1.807) is 18.2 Å². The third-order valence-corrected chi connectivity index (χ3v) is 8.30.